The SMILES string of the molecule is CC(=O)NC[C@@H]1[C@@H](O)[C@H](O)[C@@H](C(F)F)N1Cc1ccccc1. The molecule has 122 valence electrons. The highest BCUT2D eigenvalue weighted by atomic mass is 19.3. The summed E-state index contributed by atoms with van der Waals surface area (Å²) in [6.07, 6.45) is -5.69. The molecule has 0 spiro atoms. The molecule has 1 aliphatic heterocycles. The molecule has 0 aliphatic carbocycles. The van der Waals surface area contributed by atoms with E-state index in [9.17, 15) is 23.8 Å². The smallest absolute Gasteiger partial charge is 0.256 e. The number of nitrogens with zero attached hydrogens (tertiary/aromatic N) is 1. The van der Waals surface area contributed by atoms with E-state index < -0.39 is 30.7 Å². The number of rotatable bonds is 5. The average Bonchev–Trinajstić information content (AvgIpc) is 2.69. The maximum absolute atomic E-state index is 13.3. The van der Waals surface area contributed by atoms with Gasteiger partial charge in [0.2, 0.25) is 5.91 Å². The van der Waals surface area contributed by atoms with Crippen molar-refractivity contribution in [3.05, 3.63) is 35.9 Å². The van der Waals surface area contributed by atoms with Crippen molar-refractivity contribution < 1.29 is 23.8 Å². The summed E-state index contributed by atoms with van der Waals surface area (Å²) in [6, 6.07) is 6.74. The molecule has 1 saturated heterocycles. The molecule has 1 aromatic carbocycles. The van der Waals surface area contributed by atoms with Crippen LogP contribution in [0.15, 0.2) is 30.3 Å². The van der Waals surface area contributed by atoms with Crippen molar-refractivity contribution >= 4 is 5.91 Å². The van der Waals surface area contributed by atoms with Crippen molar-refractivity contribution in [3.63, 3.8) is 0 Å². The maximum atomic E-state index is 13.3. The average molecular weight is 314 g/mol. The number of alkyl halides is 2. The van der Waals surface area contributed by atoms with Gasteiger partial charge in [-0.25, -0.2) is 8.78 Å². The van der Waals surface area contributed by atoms with E-state index in [0.717, 1.165) is 5.56 Å². The van der Waals surface area contributed by atoms with Gasteiger partial charge in [0.15, 0.2) is 0 Å². The summed E-state index contributed by atoms with van der Waals surface area (Å²) in [7, 11) is 0. The Morgan fingerprint density at radius 1 is 1.27 bits per heavy atom. The minimum Gasteiger partial charge on any atom is -0.389 e. The molecule has 22 heavy (non-hydrogen) atoms. The van der Waals surface area contributed by atoms with Gasteiger partial charge in [0.1, 0.15) is 12.1 Å². The van der Waals surface area contributed by atoms with Gasteiger partial charge in [-0.1, -0.05) is 30.3 Å². The highest BCUT2D eigenvalue weighted by molar-refractivity contribution is 5.72. The third-order valence-electron chi connectivity index (χ3n) is 3.93. The van der Waals surface area contributed by atoms with Gasteiger partial charge in [-0.2, -0.15) is 0 Å². The second kappa shape index (κ2) is 7.13. The monoisotopic (exact) mass is 314 g/mol. The van der Waals surface area contributed by atoms with E-state index in [0.29, 0.717) is 0 Å². The first-order valence-corrected chi connectivity index (χ1v) is 7.10. The maximum Gasteiger partial charge on any atom is 0.256 e. The van der Waals surface area contributed by atoms with E-state index in [1.165, 1.54) is 11.8 Å². The van der Waals surface area contributed by atoms with Crippen LogP contribution in [0, 0.1) is 0 Å². The van der Waals surface area contributed by atoms with Gasteiger partial charge >= 0.3 is 0 Å². The van der Waals surface area contributed by atoms with Crippen LogP contribution in [-0.2, 0) is 11.3 Å². The molecule has 0 radical (unpaired) electrons. The molecule has 0 bridgehead atoms. The molecule has 4 atom stereocenters. The second-order valence-corrected chi connectivity index (χ2v) is 5.47. The van der Waals surface area contributed by atoms with Gasteiger partial charge in [0, 0.05) is 20.0 Å². The van der Waals surface area contributed by atoms with E-state index >= 15 is 0 Å². The molecule has 3 N–H and O–H groups in total. The lowest BCUT2D eigenvalue weighted by atomic mass is 10.1. The van der Waals surface area contributed by atoms with Crippen LogP contribution < -0.4 is 5.32 Å². The van der Waals surface area contributed by atoms with Crippen LogP contribution >= 0.6 is 0 Å². The lowest BCUT2D eigenvalue weighted by Gasteiger charge is -2.30. The Balaban J connectivity index is 2.22. The van der Waals surface area contributed by atoms with Crippen molar-refractivity contribution in [2.24, 2.45) is 0 Å². The Hall–Kier alpha value is -1.57. The van der Waals surface area contributed by atoms with Gasteiger partial charge in [-0.3, -0.25) is 9.69 Å². The Bertz CT molecular complexity index is 501. The van der Waals surface area contributed by atoms with Crippen molar-refractivity contribution in [3.8, 4) is 0 Å². The fraction of sp³-hybridized carbons (Fsp3) is 0.533. The first kappa shape index (κ1) is 16.8. The Kier molecular flexibility index (Phi) is 5.44. The van der Waals surface area contributed by atoms with Crippen LogP contribution in [0.1, 0.15) is 12.5 Å². The van der Waals surface area contributed by atoms with Gasteiger partial charge in [0.05, 0.1) is 12.1 Å². The Morgan fingerprint density at radius 2 is 1.91 bits per heavy atom. The molecular formula is C15H20F2N2O3. The van der Waals surface area contributed by atoms with Gasteiger partial charge < -0.3 is 15.5 Å². The number of carbonyl (C=O) groups is 1. The van der Waals surface area contributed by atoms with E-state index in [4.69, 9.17) is 0 Å². The number of likely N-dealkylation sites (tertiary alicyclic amines) is 1. The van der Waals surface area contributed by atoms with Crippen molar-refractivity contribution in [2.75, 3.05) is 6.54 Å². The fourth-order valence-electron chi connectivity index (χ4n) is 2.84. The molecule has 0 aromatic heterocycles. The molecular weight excluding hydrogens is 294 g/mol. The summed E-state index contributed by atoms with van der Waals surface area (Å²) >= 11 is 0. The highest BCUT2D eigenvalue weighted by Gasteiger charge is 2.51. The molecule has 1 aromatic rings. The Morgan fingerprint density at radius 3 is 2.45 bits per heavy atom. The predicted molar refractivity (Wildman–Crippen MR) is 76.3 cm³/mol. The summed E-state index contributed by atoms with van der Waals surface area (Å²) in [5.41, 5.74) is 0.794. The molecule has 1 fully saturated rings. The first-order valence-electron chi connectivity index (χ1n) is 7.10. The Labute approximate surface area is 127 Å². The van der Waals surface area contributed by atoms with E-state index in [1.54, 1.807) is 24.3 Å². The van der Waals surface area contributed by atoms with Gasteiger partial charge in [-0.05, 0) is 5.56 Å². The molecule has 0 saturated carbocycles. The zero-order valence-corrected chi connectivity index (χ0v) is 12.2. The minimum absolute atomic E-state index is 0.00358. The van der Waals surface area contributed by atoms with Crippen molar-refractivity contribution in [1.82, 2.24) is 10.2 Å². The fourth-order valence-corrected chi connectivity index (χ4v) is 2.84. The number of amides is 1. The summed E-state index contributed by atoms with van der Waals surface area (Å²) in [5.74, 6) is -0.318. The highest BCUT2D eigenvalue weighted by Crippen LogP contribution is 2.30. The molecule has 1 amide bonds. The zero-order chi connectivity index (χ0) is 16.3. The largest absolute Gasteiger partial charge is 0.389 e. The van der Waals surface area contributed by atoms with Gasteiger partial charge in [-0.15, -0.1) is 0 Å². The first-order chi connectivity index (χ1) is 10.4. The quantitative estimate of drug-likeness (QED) is 0.734. The number of benzene rings is 1. The predicted octanol–water partition coefficient (Wildman–Crippen LogP) is 0.362. The van der Waals surface area contributed by atoms with Crippen molar-refractivity contribution in [1.29, 1.82) is 0 Å². The number of hydrogen-bond donors (Lipinski definition) is 3. The van der Waals surface area contributed by atoms with Crippen LogP contribution in [-0.4, -0.2) is 58.3 Å². The summed E-state index contributed by atoms with van der Waals surface area (Å²) in [6.45, 7) is 1.47. The third kappa shape index (κ3) is 3.60. The van der Waals surface area contributed by atoms with Crippen LogP contribution in [0.5, 0.6) is 0 Å². The molecule has 5 nitrogen and oxygen atoms in total. The molecule has 2 rings (SSSR count). The second-order valence-electron chi connectivity index (χ2n) is 5.47. The minimum atomic E-state index is -2.80. The van der Waals surface area contributed by atoms with Gasteiger partial charge in [0.25, 0.3) is 6.43 Å². The number of hydrogen-bond acceptors (Lipinski definition) is 4. The molecule has 1 heterocycles. The number of halogens is 2. The lowest BCUT2D eigenvalue weighted by Crippen LogP contribution is -2.47. The van der Waals surface area contributed by atoms with Crippen LogP contribution in [0.4, 0.5) is 8.78 Å². The number of nitrogens with one attached hydrogen (secondary N) is 1. The lowest BCUT2D eigenvalue weighted by molar-refractivity contribution is -0.119. The summed E-state index contributed by atoms with van der Waals surface area (Å²) in [4.78, 5) is 12.4. The summed E-state index contributed by atoms with van der Waals surface area (Å²) < 4.78 is 26.6. The van der Waals surface area contributed by atoms with Crippen LogP contribution in [0.25, 0.3) is 0 Å². The number of carbonyl (C=O) groups excluding carboxylic acids is 1. The van der Waals surface area contributed by atoms with E-state index in [-0.39, 0.29) is 19.0 Å². The van der Waals surface area contributed by atoms with E-state index in [2.05, 4.69) is 5.32 Å². The zero-order valence-electron chi connectivity index (χ0n) is 12.2. The van der Waals surface area contributed by atoms with E-state index in [1.807, 2.05) is 6.07 Å². The molecule has 7 heteroatoms. The summed E-state index contributed by atoms with van der Waals surface area (Å²) in [5, 5.41) is 22.5. The third-order valence-corrected chi connectivity index (χ3v) is 3.93. The van der Waals surface area contributed by atoms with Crippen LogP contribution in [0.3, 0.4) is 0 Å². The normalized spacial score (nSPS) is 29.0. The van der Waals surface area contributed by atoms with Crippen molar-refractivity contribution in [2.45, 2.75) is 44.2 Å². The molecule has 1 aliphatic rings. The number of aliphatic hydroxyl groups is 2. The van der Waals surface area contributed by atoms with Crippen LogP contribution in [0.2, 0.25) is 0 Å². The topological polar surface area (TPSA) is 72.8 Å². The standard InChI is InChI=1S/C15H20F2N2O3/c1-9(20)18-7-11-13(21)14(22)12(15(16)17)19(11)8-10-5-3-2-4-6-10/h2-6,11-15,21-22H,7-8H2,1H3,(H,18,20)/t11-,12+,13-,14-/m1/s1. The number of aliphatic hydroxyl groups excluding tert-OH is 2. The molecule has 0 unspecified atom stereocenters.